The van der Waals surface area contributed by atoms with Gasteiger partial charge in [0.05, 0.1) is 24.6 Å². The second-order valence-electron chi connectivity index (χ2n) is 6.88. The smallest absolute Gasteiger partial charge is 0.414 e. The number of ether oxygens (including phenoxy) is 3. The summed E-state index contributed by atoms with van der Waals surface area (Å²) < 4.78 is 16.8. The Bertz CT molecular complexity index is 630. The number of rotatable bonds is 2. The van der Waals surface area contributed by atoms with E-state index in [-0.39, 0.29) is 6.09 Å². The summed E-state index contributed by atoms with van der Waals surface area (Å²) in [6.45, 7) is 7.34. The van der Waals surface area contributed by atoms with Gasteiger partial charge in [0.1, 0.15) is 5.60 Å². The van der Waals surface area contributed by atoms with E-state index < -0.39 is 11.9 Å². The molecule has 24 heavy (non-hydrogen) atoms. The molecule has 1 fully saturated rings. The number of hydrogen-bond donors (Lipinski definition) is 0. The maximum atomic E-state index is 12.6. The molecule has 2 aliphatic rings. The van der Waals surface area contributed by atoms with Crippen LogP contribution in [0, 0.1) is 0 Å². The molecule has 0 unspecified atom stereocenters. The van der Waals surface area contributed by atoms with Gasteiger partial charge in [-0.05, 0) is 39.7 Å². The van der Waals surface area contributed by atoms with Crippen molar-refractivity contribution in [1.29, 1.82) is 0 Å². The van der Waals surface area contributed by atoms with Gasteiger partial charge in [-0.15, -0.1) is 0 Å². The van der Waals surface area contributed by atoms with Crippen LogP contribution >= 0.6 is 0 Å². The molecule has 6 nitrogen and oxygen atoms in total. The number of pyridine rings is 1. The molecule has 0 N–H and O–H groups in total. The molecule has 1 aromatic heterocycles. The lowest BCUT2D eigenvalue weighted by Gasteiger charge is -2.31. The van der Waals surface area contributed by atoms with Crippen molar-refractivity contribution < 1.29 is 19.0 Å². The molecule has 0 bridgehead atoms. The molecule has 1 saturated heterocycles. The maximum absolute atomic E-state index is 12.6. The molecular formula is C18H24N2O4. The maximum Gasteiger partial charge on any atom is 0.414 e. The monoisotopic (exact) mass is 332 g/mol. The van der Waals surface area contributed by atoms with E-state index in [2.05, 4.69) is 4.98 Å². The first kappa shape index (κ1) is 16.9. The highest BCUT2D eigenvalue weighted by Gasteiger charge is 2.31. The van der Waals surface area contributed by atoms with E-state index in [9.17, 15) is 4.79 Å². The molecule has 3 rings (SSSR count). The van der Waals surface area contributed by atoms with Crippen molar-refractivity contribution in [1.82, 2.24) is 9.88 Å². The Labute approximate surface area is 142 Å². The first-order valence-corrected chi connectivity index (χ1v) is 8.35. The van der Waals surface area contributed by atoms with Crippen LogP contribution in [-0.4, -0.2) is 41.3 Å². The molecule has 0 aliphatic carbocycles. The zero-order chi connectivity index (χ0) is 17.2. The summed E-state index contributed by atoms with van der Waals surface area (Å²) in [5.74, 6) is 0. The minimum Gasteiger partial charge on any atom is -0.443 e. The van der Waals surface area contributed by atoms with Crippen molar-refractivity contribution in [2.24, 2.45) is 0 Å². The predicted molar refractivity (Wildman–Crippen MR) is 89.0 cm³/mol. The van der Waals surface area contributed by atoms with Crippen LogP contribution in [0.1, 0.15) is 51.2 Å². The highest BCUT2D eigenvalue weighted by Crippen LogP contribution is 2.33. The van der Waals surface area contributed by atoms with E-state index in [1.165, 1.54) is 0 Å². The van der Waals surface area contributed by atoms with Crippen LogP contribution in [0.25, 0.3) is 5.70 Å². The Kier molecular flexibility index (Phi) is 4.87. The molecule has 0 saturated carbocycles. The molecule has 0 aromatic carbocycles. The molecule has 3 heterocycles. The van der Waals surface area contributed by atoms with Gasteiger partial charge in [-0.1, -0.05) is 12.1 Å². The van der Waals surface area contributed by atoms with Crippen LogP contribution in [0.15, 0.2) is 24.4 Å². The van der Waals surface area contributed by atoms with Crippen molar-refractivity contribution in [2.75, 3.05) is 19.8 Å². The fraction of sp³-hybridized carbons (Fsp3) is 0.556. The van der Waals surface area contributed by atoms with Crippen LogP contribution in [0.5, 0.6) is 0 Å². The third-order valence-electron chi connectivity index (χ3n) is 3.79. The highest BCUT2D eigenvalue weighted by atomic mass is 16.7. The fourth-order valence-electron chi connectivity index (χ4n) is 2.81. The Hall–Kier alpha value is -1.92. The van der Waals surface area contributed by atoms with Gasteiger partial charge < -0.3 is 14.2 Å². The van der Waals surface area contributed by atoms with Gasteiger partial charge in [0, 0.05) is 18.3 Å². The van der Waals surface area contributed by atoms with Gasteiger partial charge in [0.25, 0.3) is 0 Å². The fourth-order valence-corrected chi connectivity index (χ4v) is 2.81. The van der Waals surface area contributed by atoms with E-state index >= 15 is 0 Å². The summed E-state index contributed by atoms with van der Waals surface area (Å²) in [7, 11) is 0. The number of nitrogens with zero attached hydrogens (tertiary/aromatic N) is 2. The predicted octanol–water partition coefficient (Wildman–Crippen LogP) is 3.50. The van der Waals surface area contributed by atoms with E-state index in [0.717, 1.165) is 29.8 Å². The quantitative estimate of drug-likeness (QED) is 0.829. The van der Waals surface area contributed by atoms with Crippen molar-refractivity contribution in [2.45, 2.75) is 45.5 Å². The largest absolute Gasteiger partial charge is 0.443 e. The third-order valence-corrected chi connectivity index (χ3v) is 3.79. The van der Waals surface area contributed by atoms with Gasteiger partial charge in [-0.25, -0.2) is 4.79 Å². The van der Waals surface area contributed by atoms with Gasteiger partial charge >= 0.3 is 6.09 Å². The molecule has 1 aromatic rings. The lowest BCUT2D eigenvalue weighted by atomic mass is 10.0. The normalized spacial score (nSPS) is 19.3. The molecule has 130 valence electrons. The second kappa shape index (κ2) is 6.91. The third kappa shape index (κ3) is 3.76. The van der Waals surface area contributed by atoms with Crippen LogP contribution in [-0.2, 0) is 14.2 Å². The highest BCUT2D eigenvalue weighted by molar-refractivity contribution is 5.82. The molecule has 0 atom stereocenters. The molecule has 0 radical (unpaired) electrons. The van der Waals surface area contributed by atoms with E-state index in [4.69, 9.17) is 14.2 Å². The number of hydrogen-bond acceptors (Lipinski definition) is 5. The molecule has 1 amide bonds. The van der Waals surface area contributed by atoms with Crippen molar-refractivity contribution in [3.05, 3.63) is 35.7 Å². The van der Waals surface area contributed by atoms with Crippen molar-refractivity contribution in [3.8, 4) is 0 Å². The lowest BCUT2D eigenvalue weighted by Crippen LogP contribution is -2.38. The van der Waals surface area contributed by atoms with Gasteiger partial charge in [-0.3, -0.25) is 9.88 Å². The van der Waals surface area contributed by atoms with Crippen LogP contribution in [0.3, 0.4) is 0 Å². The molecule has 6 heteroatoms. The van der Waals surface area contributed by atoms with E-state index in [1.807, 2.05) is 39.0 Å². The van der Waals surface area contributed by atoms with Crippen LogP contribution < -0.4 is 0 Å². The Morgan fingerprint density at radius 1 is 1.33 bits per heavy atom. The number of carbonyl (C=O) groups excluding carboxylic acids is 1. The Balaban J connectivity index is 1.91. The molecule has 0 spiro atoms. The lowest BCUT2D eigenvalue weighted by molar-refractivity contribution is -0.0446. The number of amides is 1. The Morgan fingerprint density at radius 3 is 2.79 bits per heavy atom. The first-order valence-electron chi connectivity index (χ1n) is 8.35. The van der Waals surface area contributed by atoms with Gasteiger partial charge in [-0.2, -0.15) is 0 Å². The summed E-state index contributed by atoms with van der Waals surface area (Å²) in [5.41, 5.74) is 1.79. The van der Waals surface area contributed by atoms with Gasteiger partial charge in [0.2, 0.25) is 0 Å². The Morgan fingerprint density at radius 2 is 2.08 bits per heavy atom. The number of allylic oxidation sites excluding steroid dienone is 1. The van der Waals surface area contributed by atoms with E-state index in [0.29, 0.717) is 19.8 Å². The summed E-state index contributed by atoms with van der Waals surface area (Å²) in [6, 6.07) is 3.78. The standard InChI is InChI=1S/C18H24N2O4/c1-18(2,3)24-17(21)20-10-5-4-8-14(20)15-13(7-6-9-19-15)16-22-11-12-23-16/h6-9,16H,4-5,10-12H2,1-3H3. The topological polar surface area (TPSA) is 60.9 Å². The zero-order valence-electron chi connectivity index (χ0n) is 14.4. The average Bonchev–Trinajstić information content (AvgIpc) is 3.07. The van der Waals surface area contributed by atoms with Crippen molar-refractivity contribution >= 4 is 11.8 Å². The summed E-state index contributed by atoms with van der Waals surface area (Å²) in [4.78, 5) is 18.8. The zero-order valence-corrected chi connectivity index (χ0v) is 14.4. The first-order chi connectivity index (χ1) is 11.5. The minimum absolute atomic E-state index is 0.349. The SMILES string of the molecule is CC(C)(C)OC(=O)N1CCCC=C1c1ncccc1C1OCCO1. The van der Waals surface area contributed by atoms with Gasteiger partial charge in [0.15, 0.2) is 6.29 Å². The van der Waals surface area contributed by atoms with Crippen molar-refractivity contribution in [3.63, 3.8) is 0 Å². The second-order valence-corrected chi connectivity index (χ2v) is 6.88. The minimum atomic E-state index is -0.537. The number of carbonyl (C=O) groups is 1. The molecular weight excluding hydrogens is 308 g/mol. The van der Waals surface area contributed by atoms with E-state index in [1.54, 1.807) is 11.1 Å². The van der Waals surface area contributed by atoms with Crippen LogP contribution in [0.2, 0.25) is 0 Å². The summed E-state index contributed by atoms with van der Waals surface area (Å²) in [6.07, 6.45) is 4.78. The summed E-state index contributed by atoms with van der Waals surface area (Å²) in [5, 5.41) is 0. The average molecular weight is 332 g/mol. The summed E-state index contributed by atoms with van der Waals surface area (Å²) >= 11 is 0. The van der Waals surface area contributed by atoms with Crippen LogP contribution in [0.4, 0.5) is 4.79 Å². The molecule has 2 aliphatic heterocycles. The number of aromatic nitrogens is 1.